The van der Waals surface area contributed by atoms with Crippen LogP contribution in [0.4, 0.5) is 0 Å². The van der Waals surface area contributed by atoms with E-state index in [0.717, 1.165) is 9.32 Å². The fraction of sp³-hybridized carbons (Fsp3) is 0.0833. The predicted molar refractivity (Wildman–Crippen MR) is 69.4 cm³/mol. The number of hydrogen-bond acceptors (Lipinski definition) is 3. The summed E-state index contributed by atoms with van der Waals surface area (Å²) < 4.78 is 6.70. The van der Waals surface area contributed by atoms with Gasteiger partial charge in [-0.1, -0.05) is 6.07 Å². The lowest BCUT2D eigenvalue weighted by Gasteiger charge is -2.07. The van der Waals surface area contributed by atoms with Crippen LogP contribution >= 0.6 is 22.6 Å². The number of ether oxygens (including phenoxy) is 1. The molecule has 1 N–H and O–H groups in total. The Kier molecular flexibility index (Phi) is 3.74. The molecule has 0 radical (unpaired) electrons. The molecular weight excluding hydrogens is 317 g/mol. The molecule has 0 unspecified atom stereocenters. The SMILES string of the molecule is OCc1cccnc1Oc1cccc(I)c1. The van der Waals surface area contributed by atoms with Crippen molar-refractivity contribution in [3.05, 3.63) is 51.7 Å². The number of aliphatic hydroxyl groups is 1. The number of aromatic nitrogens is 1. The van der Waals surface area contributed by atoms with Crippen molar-refractivity contribution in [2.24, 2.45) is 0 Å². The molecule has 0 amide bonds. The molecule has 0 spiro atoms. The van der Waals surface area contributed by atoms with Crippen molar-refractivity contribution in [1.29, 1.82) is 0 Å². The van der Waals surface area contributed by atoms with Crippen LogP contribution in [-0.4, -0.2) is 10.1 Å². The first-order chi connectivity index (χ1) is 7.79. The van der Waals surface area contributed by atoms with E-state index in [1.165, 1.54) is 0 Å². The second kappa shape index (κ2) is 5.27. The average molecular weight is 327 g/mol. The second-order valence-corrected chi connectivity index (χ2v) is 4.43. The third-order valence-electron chi connectivity index (χ3n) is 2.03. The molecule has 0 aliphatic carbocycles. The van der Waals surface area contributed by atoms with Gasteiger partial charge in [0.05, 0.1) is 6.61 Å². The number of aliphatic hydroxyl groups excluding tert-OH is 1. The molecule has 1 heterocycles. The number of hydrogen-bond donors (Lipinski definition) is 1. The van der Waals surface area contributed by atoms with E-state index >= 15 is 0 Å². The zero-order valence-electron chi connectivity index (χ0n) is 8.43. The van der Waals surface area contributed by atoms with Gasteiger partial charge in [-0.2, -0.15) is 0 Å². The lowest BCUT2D eigenvalue weighted by Crippen LogP contribution is -1.94. The molecule has 4 heteroatoms. The smallest absolute Gasteiger partial charge is 0.224 e. The molecule has 1 aromatic heterocycles. The van der Waals surface area contributed by atoms with E-state index in [1.54, 1.807) is 18.3 Å². The summed E-state index contributed by atoms with van der Waals surface area (Å²) in [5.41, 5.74) is 0.682. The third kappa shape index (κ3) is 2.70. The van der Waals surface area contributed by atoms with Gasteiger partial charge in [-0.3, -0.25) is 0 Å². The maximum Gasteiger partial charge on any atom is 0.224 e. The van der Waals surface area contributed by atoms with Gasteiger partial charge in [-0.15, -0.1) is 0 Å². The van der Waals surface area contributed by atoms with Crippen molar-refractivity contribution < 1.29 is 9.84 Å². The summed E-state index contributed by atoms with van der Waals surface area (Å²) >= 11 is 2.22. The number of pyridine rings is 1. The van der Waals surface area contributed by atoms with Crippen molar-refractivity contribution in [1.82, 2.24) is 4.98 Å². The van der Waals surface area contributed by atoms with E-state index in [2.05, 4.69) is 27.6 Å². The number of benzene rings is 1. The third-order valence-corrected chi connectivity index (χ3v) is 2.70. The minimum absolute atomic E-state index is 0.0763. The predicted octanol–water partition coefficient (Wildman–Crippen LogP) is 2.97. The molecular formula is C12H10INO2. The molecule has 0 bridgehead atoms. The minimum atomic E-state index is -0.0763. The Bertz CT molecular complexity index is 488. The Morgan fingerprint density at radius 2 is 2.12 bits per heavy atom. The van der Waals surface area contributed by atoms with Crippen LogP contribution in [0.1, 0.15) is 5.56 Å². The molecule has 82 valence electrons. The number of rotatable bonds is 3. The first-order valence-corrected chi connectivity index (χ1v) is 5.85. The molecule has 0 aliphatic rings. The van der Waals surface area contributed by atoms with Crippen LogP contribution in [0.2, 0.25) is 0 Å². The quantitative estimate of drug-likeness (QED) is 0.882. The summed E-state index contributed by atoms with van der Waals surface area (Å²) in [5.74, 6) is 1.17. The van der Waals surface area contributed by atoms with Crippen molar-refractivity contribution in [2.45, 2.75) is 6.61 Å². The Labute approximate surface area is 107 Å². The highest BCUT2D eigenvalue weighted by Crippen LogP contribution is 2.23. The highest BCUT2D eigenvalue weighted by Gasteiger charge is 2.04. The van der Waals surface area contributed by atoms with Crippen LogP contribution in [0.15, 0.2) is 42.6 Å². The molecule has 2 aromatic rings. The van der Waals surface area contributed by atoms with Crippen molar-refractivity contribution in [3.63, 3.8) is 0 Å². The van der Waals surface area contributed by atoms with E-state index in [-0.39, 0.29) is 6.61 Å². The fourth-order valence-electron chi connectivity index (χ4n) is 1.28. The number of nitrogens with zero attached hydrogens (tertiary/aromatic N) is 1. The molecule has 0 atom stereocenters. The standard InChI is InChI=1S/C12H10INO2/c13-10-4-1-5-11(7-10)16-12-9(8-15)3-2-6-14-12/h1-7,15H,8H2. The topological polar surface area (TPSA) is 42.4 Å². The molecule has 16 heavy (non-hydrogen) atoms. The van der Waals surface area contributed by atoms with E-state index in [0.29, 0.717) is 11.4 Å². The summed E-state index contributed by atoms with van der Waals surface area (Å²) in [6.45, 7) is -0.0763. The van der Waals surface area contributed by atoms with Crippen LogP contribution < -0.4 is 4.74 Å². The molecule has 0 fully saturated rings. The van der Waals surface area contributed by atoms with Crippen LogP contribution in [0.25, 0.3) is 0 Å². The highest BCUT2D eigenvalue weighted by molar-refractivity contribution is 14.1. The van der Waals surface area contributed by atoms with Gasteiger partial charge in [0.25, 0.3) is 0 Å². The van der Waals surface area contributed by atoms with Gasteiger partial charge < -0.3 is 9.84 Å². The zero-order valence-corrected chi connectivity index (χ0v) is 10.6. The molecule has 3 nitrogen and oxygen atoms in total. The molecule has 0 aliphatic heterocycles. The molecule has 2 rings (SSSR count). The molecule has 0 saturated carbocycles. The minimum Gasteiger partial charge on any atom is -0.439 e. The van der Waals surface area contributed by atoms with E-state index in [1.807, 2.05) is 24.3 Å². The van der Waals surface area contributed by atoms with Gasteiger partial charge >= 0.3 is 0 Å². The molecule has 1 aromatic carbocycles. The largest absolute Gasteiger partial charge is 0.439 e. The van der Waals surface area contributed by atoms with E-state index < -0.39 is 0 Å². The Morgan fingerprint density at radius 1 is 1.25 bits per heavy atom. The van der Waals surface area contributed by atoms with Crippen LogP contribution in [0.5, 0.6) is 11.6 Å². The lowest BCUT2D eigenvalue weighted by molar-refractivity contribution is 0.275. The Hall–Kier alpha value is -1.14. The fourth-order valence-corrected chi connectivity index (χ4v) is 1.79. The van der Waals surface area contributed by atoms with Gasteiger partial charge in [0, 0.05) is 15.3 Å². The van der Waals surface area contributed by atoms with E-state index in [9.17, 15) is 0 Å². The summed E-state index contributed by atoms with van der Waals surface area (Å²) in [6.07, 6.45) is 1.64. The second-order valence-electron chi connectivity index (χ2n) is 3.19. The van der Waals surface area contributed by atoms with Crippen molar-refractivity contribution >= 4 is 22.6 Å². The Balaban J connectivity index is 2.26. The lowest BCUT2D eigenvalue weighted by atomic mass is 10.3. The Morgan fingerprint density at radius 3 is 2.88 bits per heavy atom. The summed E-state index contributed by atoms with van der Waals surface area (Å²) in [7, 11) is 0. The van der Waals surface area contributed by atoms with Gasteiger partial charge in [-0.05, 0) is 52.9 Å². The monoisotopic (exact) mass is 327 g/mol. The average Bonchev–Trinajstić information content (AvgIpc) is 2.30. The van der Waals surface area contributed by atoms with Crippen LogP contribution in [-0.2, 0) is 6.61 Å². The van der Waals surface area contributed by atoms with Crippen molar-refractivity contribution in [3.8, 4) is 11.6 Å². The van der Waals surface area contributed by atoms with Gasteiger partial charge in [0.15, 0.2) is 0 Å². The first-order valence-electron chi connectivity index (χ1n) is 4.78. The zero-order chi connectivity index (χ0) is 11.4. The maximum atomic E-state index is 9.13. The first kappa shape index (κ1) is 11.3. The van der Waals surface area contributed by atoms with Gasteiger partial charge in [-0.25, -0.2) is 4.98 Å². The highest BCUT2D eigenvalue weighted by atomic mass is 127. The van der Waals surface area contributed by atoms with Gasteiger partial charge in [0.1, 0.15) is 5.75 Å². The summed E-state index contributed by atoms with van der Waals surface area (Å²) in [6, 6.07) is 11.2. The van der Waals surface area contributed by atoms with Crippen LogP contribution in [0.3, 0.4) is 0 Å². The summed E-state index contributed by atoms with van der Waals surface area (Å²) in [5, 5.41) is 9.13. The normalized spacial score (nSPS) is 10.1. The van der Waals surface area contributed by atoms with Crippen LogP contribution in [0, 0.1) is 3.57 Å². The molecule has 0 saturated heterocycles. The number of halogens is 1. The maximum absolute atomic E-state index is 9.13. The van der Waals surface area contributed by atoms with Gasteiger partial charge in [0.2, 0.25) is 5.88 Å². The van der Waals surface area contributed by atoms with E-state index in [4.69, 9.17) is 9.84 Å². The van der Waals surface area contributed by atoms with Crippen molar-refractivity contribution in [2.75, 3.05) is 0 Å². The summed E-state index contributed by atoms with van der Waals surface area (Å²) in [4.78, 5) is 4.09.